The number of hydrogen-bond donors (Lipinski definition) is 2. The Morgan fingerprint density at radius 2 is 1.33 bits per heavy atom. The minimum Gasteiger partial charge on any atom is -0.497 e. The number of nitrogens with zero attached hydrogens (tertiary/aromatic N) is 1. The molecule has 2 N–H and O–H groups in total. The largest absolute Gasteiger partial charge is 0.497 e. The van der Waals surface area contributed by atoms with Crippen molar-refractivity contribution in [2.45, 2.75) is 18.2 Å². The van der Waals surface area contributed by atoms with Crippen molar-refractivity contribution in [2.75, 3.05) is 20.8 Å². The van der Waals surface area contributed by atoms with Crippen molar-refractivity contribution in [3.63, 3.8) is 0 Å². The smallest absolute Gasteiger partial charge is 0.328 e. The summed E-state index contributed by atoms with van der Waals surface area (Å²) in [5, 5.41) is 10.8. The molecule has 8 heteroatoms. The van der Waals surface area contributed by atoms with E-state index in [0.29, 0.717) is 11.5 Å². The van der Waals surface area contributed by atoms with Gasteiger partial charge in [-0.1, -0.05) is 54.6 Å². The zero-order valence-electron chi connectivity index (χ0n) is 20.1. The number of aromatic amines is 1. The van der Waals surface area contributed by atoms with Crippen LogP contribution in [0.4, 0.5) is 0 Å². The Bertz CT molecular complexity index is 1330. The average molecular weight is 489 g/mol. The molecular weight excluding hydrogens is 460 g/mol. The van der Waals surface area contributed by atoms with Gasteiger partial charge in [-0.25, -0.2) is 4.79 Å². The van der Waals surface area contributed by atoms with Gasteiger partial charge in [-0.3, -0.25) is 14.3 Å². The number of H-pyrrole nitrogens is 1. The molecule has 0 bridgehead atoms. The molecule has 0 fully saturated rings. The lowest BCUT2D eigenvalue weighted by molar-refractivity contribution is -0.0426. The van der Waals surface area contributed by atoms with Gasteiger partial charge < -0.3 is 19.3 Å². The van der Waals surface area contributed by atoms with E-state index in [0.717, 1.165) is 16.7 Å². The number of nitrogens with one attached hydrogen (secondary N) is 1. The Labute approximate surface area is 208 Å². The van der Waals surface area contributed by atoms with Crippen LogP contribution in [0.25, 0.3) is 0 Å². The molecule has 0 aliphatic carbocycles. The normalized spacial score (nSPS) is 12.2. The molecule has 0 amide bonds. The van der Waals surface area contributed by atoms with E-state index in [2.05, 4.69) is 4.98 Å². The molecule has 0 spiro atoms. The first-order valence-electron chi connectivity index (χ1n) is 11.4. The van der Waals surface area contributed by atoms with Gasteiger partial charge in [0.25, 0.3) is 5.56 Å². The first-order chi connectivity index (χ1) is 17.5. The third kappa shape index (κ3) is 5.25. The van der Waals surface area contributed by atoms with Crippen LogP contribution < -0.4 is 20.7 Å². The van der Waals surface area contributed by atoms with Crippen molar-refractivity contribution < 1.29 is 19.3 Å². The van der Waals surface area contributed by atoms with Crippen LogP contribution in [-0.4, -0.2) is 41.6 Å². The molecule has 4 aromatic rings. The summed E-state index contributed by atoms with van der Waals surface area (Å²) in [6.07, 6.45) is 0.315. The minimum atomic E-state index is -1.09. The van der Waals surface area contributed by atoms with Crippen molar-refractivity contribution in [3.05, 3.63) is 129 Å². The molecule has 3 aromatic carbocycles. The van der Waals surface area contributed by atoms with Gasteiger partial charge in [0.2, 0.25) is 0 Å². The molecule has 1 atom stereocenters. The predicted octanol–water partition coefficient (Wildman–Crippen LogP) is 2.92. The second-order valence-electron chi connectivity index (χ2n) is 8.23. The molecular formula is C28H28N2O6. The van der Waals surface area contributed by atoms with E-state index in [1.807, 2.05) is 78.9 Å². The highest BCUT2D eigenvalue weighted by atomic mass is 16.5. The highest BCUT2D eigenvalue weighted by molar-refractivity contribution is 5.49. The van der Waals surface area contributed by atoms with Gasteiger partial charge in [0, 0.05) is 12.3 Å². The third-order valence-corrected chi connectivity index (χ3v) is 5.97. The lowest BCUT2D eigenvalue weighted by atomic mass is 9.80. The fourth-order valence-corrected chi connectivity index (χ4v) is 4.16. The zero-order chi connectivity index (χ0) is 25.5. The molecule has 1 aromatic heterocycles. The molecule has 0 aliphatic rings. The minimum absolute atomic E-state index is 0.0499. The van der Waals surface area contributed by atoms with E-state index >= 15 is 0 Å². The first-order valence-corrected chi connectivity index (χ1v) is 11.4. The Kier molecular flexibility index (Phi) is 7.68. The van der Waals surface area contributed by atoms with Crippen LogP contribution in [0.15, 0.2) is 101 Å². The fourth-order valence-electron chi connectivity index (χ4n) is 4.16. The molecule has 0 saturated carbocycles. The number of methoxy groups -OCH3 is 2. The molecule has 1 heterocycles. The summed E-state index contributed by atoms with van der Waals surface area (Å²) in [7, 11) is 3.21. The van der Waals surface area contributed by atoms with Crippen molar-refractivity contribution in [1.29, 1.82) is 0 Å². The summed E-state index contributed by atoms with van der Waals surface area (Å²) in [5.41, 5.74) is 0.330. The molecule has 0 radical (unpaired) electrons. The standard InChI is InChI=1S/C28H28N2O6/c1-34-24-12-8-21(9-13-24)28(20-6-4-3-5-7-20,22-10-14-25(35-2)15-11-22)36-19-23(31)18-30-17-16-26(32)29-27(30)33/h3-17,23,31H,18-19H2,1-2H3,(H,29,32,33)/t23-/m0/s1. The Morgan fingerprint density at radius 3 is 1.83 bits per heavy atom. The van der Waals surface area contributed by atoms with Gasteiger partial charge in [-0.2, -0.15) is 0 Å². The van der Waals surface area contributed by atoms with Gasteiger partial charge in [0.15, 0.2) is 0 Å². The maximum Gasteiger partial charge on any atom is 0.328 e. The van der Waals surface area contributed by atoms with E-state index in [1.54, 1.807) is 14.2 Å². The maximum atomic E-state index is 12.1. The summed E-state index contributed by atoms with van der Waals surface area (Å²) in [6, 6.07) is 26.1. The van der Waals surface area contributed by atoms with Crippen molar-refractivity contribution >= 4 is 0 Å². The second kappa shape index (κ2) is 11.1. The zero-order valence-corrected chi connectivity index (χ0v) is 20.1. The Hall–Kier alpha value is -4.14. The van der Waals surface area contributed by atoms with Crippen LogP contribution in [0.5, 0.6) is 11.5 Å². The van der Waals surface area contributed by atoms with E-state index in [-0.39, 0.29) is 13.2 Å². The highest BCUT2D eigenvalue weighted by Crippen LogP contribution is 2.41. The van der Waals surface area contributed by atoms with E-state index in [9.17, 15) is 14.7 Å². The van der Waals surface area contributed by atoms with Gasteiger partial charge in [0.05, 0.1) is 33.5 Å². The lowest BCUT2D eigenvalue weighted by Gasteiger charge is -2.36. The summed E-state index contributed by atoms with van der Waals surface area (Å²) in [4.78, 5) is 25.7. The molecule has 0 unspecified atom stereocenters. The average Bonchev–Trinajstić information content (AvgIpc) is 2.92. The monoisotopic (exact) mass is 488 g/mol. The van der Waals surface area contributed by atoms with Crippen molar-refractivity contribution in [1.82, 2.24) is 9.55 Å². The Morgan fingerprint density at radius 1 is 0.806 bits per heavy atom. The maximum absolute atomic E-state index is 12.1. The number of aliphatic hydroxyl groups excluding tert-OH is 1. The number of aliphatic hydroxyl groups is 1. The van der Waals surface area contributed by atoms with Gasteiger partial charge >= 0.3 is 5.69 Å². The Balaban J connectivity index is 1.77. The van der Waals surface area contributed by atoms with Crippen LogP contribution >= 0.6 is 0 Å². The summed E-state index contributed by atoms with van der Waals surface area (Å²) in [5.74, 6) is 1.40. The summed E-state index contributed by atoms with van der Waals surface area (Å²) in [6.45, 7) is -0.149. The van der Waals surface area contributed by atoms with Crippen molar-refractivity contribution in [3.8, 4) is 11.5 Å². The third-order valence-electron chi connectivity index (χ3n) is 5.97. The topological polar surface area (TPSA) is 103 Å². The van der Waals surface area contributed by atoms with Crippen LogP contribution in [0.2, 0.25) is 0 Å². The van der Waals surface area contributed by atoms with E-state index in [1.165, 1.54) is 16.8 Å². The molecule has 0 aliphatic heterocycles. The fraction of sp³-hybridized carbons (Fsp3) is 0.214. The van der Waals surface area contributed by atoms with Crippen LogP contribution in [0, 0.1) is 0 Å². The van der Waals surface area contributed by atoms with Gasteiger partial charge in [0.1, 0.15) is 17.1 Å². The number of ether oxygens (including phenoxy) is 3. The molecule has 186 valence electrons. The summed E-state index contributed by atoms with van der Waals surface area (Å²) >= 11 is 0. The summed E-state index contributed by atoms with van der Waals surface area (Å²) < 4.78 is 18.6. The molecule has 0 saturated heterocycles. The number of benzene rings is 3. The van der Waals surface area contributed by atoms with Crippen molar-refractivity contribution in [2.24, 2.45) is 0 Å². The van der Waals surface area contributed by atoms with E-state index in [4.69, 9.17) is 14.2 Å². The first kappa shape index (κ1) is 25.0. The van der Waals surface area contributed by atoms with Crippen LogP contribution in [-0.2, 0) is 16.9 Å². The van der Waals surface area contributed by atoms with Crippen LogP contribution in [0.1, 0.15) is 16.7 Å². The predicted molar refractivity (Wildman–Crippen MR) is 136 cm³/mol. The number of rotatable bonds is 10. The molecule has 36 heavy (non-hydrogen) atoms. The molecule has 8 nitrogen and oxygen atoms in total. The number of aromatic nitrogens is 2. The molecule has 4 rings (SSSR count). The van der Waals surface area contributed by atoms with E-state index < -0.39 is 23.0 Å². The van der Waals surface area contributed by atoms with Crippen LogP contribution in [0.3, 0.4) is 0 Å². The second-order valence-corrected chi connectivity index (χ2v) is 8.23. The van der Waals surface area contributed by atoms with Gasteiger partial charge in [-0.05, 0) is 41.0 Å². The quantitative estimate of drug-likeness (QED) is 0.333. The lowest BCUT2D eigenvalue weighted by Crippen LogP contribution is -2.38. The highest BCUT2D eigenvalue weighted by Gasteiger charge is 2.38. The SMILES string of the molecule is COc1ccc(C(OC[C@@H](O)Cn2ccc(=O)[nH]c2=O)(c2ccccc2)c2ccc(OC)cc2)cc1. The number of hydrogen-bond acceptors (Lipinski definition) is 6. The van der Waals surface area contributed by atoms with Gasteiger partial charge in [-0.15, -0.1) is 0 Å².